The van der Waals surface area contributed by atoms with Crippen LogP contribution in [0.5, 0.6) is 0 Å². The second-order valence-corrected chi connectivity index (χ2v) is 25.9. The van der Waals surface area contributed by atoms with Gasteiger partial charge in [0.25, 0.3) is 0 Å². The molecule has 12 rings (SSSR count). The lowest BCUT2D eigenvalue weighted by atomic mass is 9.96. The third-order valence-electron chi connectivity index (χ3n) is 15.8. The molecule has 0 radical (unpaired) electrons. The van der Waals surface area contributed by atoms with Gasteiger partial charge in [0.05, 0.1) is 51.1 Å². The normalized spacial score (nSPS) is 12.6. The van der Waals surface area contributed by atoms with E-state index in [2.05, 4.69) is 197 Å². The van der Waals surface area contributed by atoms with Gasteiger partial charge in [0.15, 0.2) is 18.1 Å². The highest BCUT2D eigenvalue weighted by Crippen LogP contribution is 2.36. The van der Waals surface area contributed by atoms with Gasteiger partial charge < -0.3 is 34.9 Å². The smallest absolute Gasteiger partial charge is 0.248 e. The minimum Gasteiger partial charge on any atom is -0.443 e. The number of hydrogen-bond acceptors (Lipinski definition) is 11. The molecule has 0 saturated carbocycles. The van der Waals surface area contributed by atoms with Gasteiger partial charge in [-0.3, -0.25) is 14.8 Å². The van der Waals surface area contributed by atoms with Crippen molar-refractivity contribution in [3.63, 3.8) is 0 Å². The Morgan fingerprint density at radius 2 is 1.47 bits per heavy atom. The number of nitrogens with two attached hydrogens (primary N) is 2. The first-order valence-corrected chi connectivity index (χ1v) is 31.3. The van der Waals surface area contributed by atoms with Crippen LogP contribution >= 0.6 is 11.3 Å². The number of pyridine rings is 1. The van der Waals surface area contributed by atoms with E-state index in [1.165, 1.54) is 72.9 Å². The molecule has 458 valence electrons. The number of carbonyl (C=O) groups is 1. The summed E-state index contributed by atoms with van der Waals surface area (Å²) in [4.78, 5) is 35.7. The number of amides is 1. The number of nitrogen functional groups attached to an aromatic ring is 1. The van der Waals surface area contributed by atoms with Gasteiger partial charge >= 0.3 is 0 Å². The summed E-state index contributed by atoms with van der Waals surface area (Å²) in [5.74, 6) is 3.65. The molecule has 6 aromatic heterocycles. The number of carbonyl (C=O) groups excluding carboxylic acids is 1. The number of nitriles is 2. The van der Waals surface area contributed by atoms with Crippen molar-refractivity contribution >= 4 is 67.4 Å². The van der Waals surface area contributed by atoms with Gasteiger partial charge in [-0.15, -0.1) is 11.3 Å². The second-order valence-electron chi connectivity index (χ2n) is 24.8. The van der Waals surface area contributed by atoms with Crippen molar-refractivity contribution in [3.8, 4) is 22.8 Å². The van der Waals surface area contributed by atoms with Crippen molar-refractivity contribution in [1.82, 2.24) is 29.1 Å². The monoisotopic (exact) mass is 1200 g/mol. The van der Waals surface area contributed by atoms with E-state index in [0.717, 1.165) is 69.6 Å². The average molecular weight is 1200 g/mol. The van der Waals surface area contributed by atoms with E-state index >= 15 is 0 Å². The maximum Gasteiger partial charge on any atom is 0.248 e. The van der Waals surface area contributed by atoms with Crippen LogP contribution in [0.15, 0.2) is 155 Å². The van der Waals surface area contributed by atoms with Crippen molar-refractivity contribution < 1.29 is 9.21 Å². The zero-order chi connectivity index (χ0) is 64.1. The van der Waals surface area contributed by atoms with Gasteiger partial charge in [-0.1, -0.05) is 81.4 Å². The van der Waals surface area contributed by atoms with Crippen LogP contribution in [-0.4, -0.2) is 52.8 Å². The molecule has 0 bridgehead atoms. The van der Waals surface area contributed by atoms with Crippen LogP contribution in [0, 0.1) is 28.6 Å². The van der Waals surface area contributed by atoms with E-state index < -0.39 is 0 Å². The minimum atomic E-state index is -0.378. The summed E-state index contributed by atoms with van der Waals surface area (Å²) in [7, 11) is 2.04. The number of allylic oxidation sites excluding steroid dienone is 2. The summed E-state index contributed by atoms with van der Waals surface area (Å²) >= 11 is 1.76. The summed E-state index contributed by atoms with van der Waals surface area (Å²) in [6, 6.07) is 40.7. The number of nitrogens with one attached hydrogen (secondary N) is 1. The zero-order valence-corrected chi connectivity index (χ0v) is 55.1. The van der Waals surface area contributed by atoms with Gasteiger partial charge in [0.2, 0.25) is 5.91 Å². The molecule has 0 spiro atoms. The lowest BCUT2D eigenvalue weighted by Crippen LogP contribution is -2.40. The van der Waals surface area contributed by atoms with E-state index in [0.29, 0.717) is 41.1 Å². The molecular formula is C73H88N12O2S. The Kier molecular flexibility index (Phi) is 22.3. The van der Waals surface area contributed by atoms with Gasteiger partial charge in [-0.25, -0.2) is 9.97 Å². The minimum absolute atomic E-state index is 0.138. The lowest BCUT2D eigenvalue weighted by molar-refractivity contribution is 0.100. The Balaban J connectivity index is 0.000000151. The van der Waals surface area contributed by atoms with Crippen LogP contribution in [0.2, 0.25) is 0 Å². The fraction of sp³-hybridized carbons (Fsp3) is 0.356. The highest BCUT2D eigenvalue weighted by Gasteiger charge is 2.29. The number of aliphatic imine (C=N–C) groups is 1. The molecule has 8 heterocycles. The number of oxazole rings is 1. The first-order valence-electron chi connectivity index (χ1n) is 30.5. The molecule has 0 unspecified atom stereocenters. The average Bonchev–Trinajstić information content (AvgIpc) is 2.63. The van der Waals surface area contributed by atoms with Crippen LogP contribution in [0.1, 0.15) is 188 Å². The molecule has 0 aliphatic carbocycles. The third kappa shape index (κ3) is 16.3. The Morgan fingerprint density at radius 3 is 2.05 bits per heavy atom. The second kappa shape index (κ2) is 29.6. The Morgan fingerprint density at radius 1 is 0.773 bits per heavy atom. The molecule has 1 amide bonds. The van der Waals surface area contributed by atoms with Crippen molar-refractivity contribution in [2.24, 2.45) is 23.7 Å². The number of benzene rings is 4. The number of nitrogens with zero attached hydrogens (tertiary/aromatic N) is 9. The standard InChI is InChI=1S/C14H16N2.C13H16N2O.2C13H16N2.C10H13N3.C10H11NOS/c1-4-16-13-6-5-11(9-15)7-12(13)8-14(16)10(2)3;1-8(2)12-7-10-6-9(13(14)16)4-5-11(10)15(12)3;1-9(2)12-8-13(15-10(12)3)11-4-6-14-7-5-11;1-13(2,3)15-8-7-11-10(9-14)5-4-6-12(11)15;1-6(2)7-3-4-8-9(5-7)13-10(11)12-8;1-7(2)9-3-4-10(13-9)8-5-11-6-12-8/h5-8,10H,4H2,1-3H3;4-8H,1-3H3,(H2,14,16);4-7,9H,8H2,1-3H3;4-6H,7-8H2,1-3H3;3-6H,1-2H3,(H3,11,12,13);3-7H,1-2H3. The summed E-state index contributed by atoms with van der Waals surface area (Å²) in [6.45, 7) is 34.8. The molecule has 2 aliphatic rings. The highest BCUT2D eigenvalue weighted by molar-refractivity contribution is 7.15. The molecule has 0 saturated heterocycles. The molecule has 10 aromatic rings. The molecular weight excluding hydrogens is 1110 g/mol. The number of aryl methyl sites for hydroxylation is 2. The van der Waals surface area contributed by atoms with Crippen LogP contribution in [0.25, 0.3) is 43.5 Å². The maximum atomic E-state index is 11.1. The molecule has 88 heavy (non-hydrogen) atoms. The molecule has 0 atom stereocenters. The Hall–Kier alpha value is -9.05. The molecule has 14 nitrogen and oxygen atoms in total. The molecule has 15 heteroatoms. The number of aromatic nitrogens is 6. The number of H-pyrrole nitrogens is 1. The summed E-state index contributed by atoms with van der Waals surface area (Å²) in [5, 5.41) is 20.1. The summed E-state index contributed by atoms with van der Waals surface area (Å²) < 4.78 is 9.69. The number of imidazole rings is 1. The van der Waals surface area contributed by atoms with E-state index in [4.69, 9.17) is 26.4 Å². The number of primary amides is 1. The van der Waals surface area contributed by atoms with Crippen molar-refractivity contribution in [2.75, 3.05) is 17.2 Å². The highest BCUT2D eigenvalue weighted by atomic mass is 32.1. The molecule has 5 N–H and O–H groups in total. The zero-order valence-electron chi connectivity index (χ0n) is 54.3. The number of fused-ring (bicyclic) bond motifs is 4. The van der Waals surface area contributed by atoms with Crippen molar-refractivity contribution in [2.45, 2.75) is 152 Å². The predicted octanol–water partition coefficient (Wildman–Crippen LogP) is 17.8. The van der Waals surface area contributed by atoms with Crippen LogP contribution in [0.3, 0.4) is 0 Å². The quantitative estimate of drug-likeness (QED) is 0.125. The van der Waals surface area contributed by atoms with Crippen molar-refractivity contribution in [1.29, 1.82) is 10.5 Å². The van der Waals surface area contributed by atoms with Gasteiger partial charge in [0, 0.05) is 99.5 Å². The lowest BCUT2D eigenvalue weighted by Gasteiger charge is -2.34. The largest absolute Gasteiger partial charge is 0.443 e. The van der Waals surface area contributed by atoms with E-state index in [1.54, 1.807) is 23.6 Å². The predicted molar refractivity (Wildman–Crippen MR) is 365 cm³/mol. The maximum absolute atomic E-state index is 11.1. The Bertz CT molecular complexity index is 4130. The number of thiophene rings is 1. The first kappa shape index (κ1) is 66.5. The summed E-state index contributed by atoms with van der Waals surface area (Å²) in [6.07, 6.45) is 8.84. The topological polar surface area (TPSA) is 210 Å². The van der Waals surface area contributed by atoms with Crippen LogP contribution in [0.4, 0.5) is 11.6 Å². The number of hydrogen-bond donors (Lipinski definition) is 3. The van der Waals surface area contributed by atoms with E-state index in [1.807, 2.05) is 80.1 Å². The number of aromatic amines is 1. The first-order chi connectivity index (χ1) is 41.8. The molecule has 2 aliphatic heterocycles. The SMILES string of the molecule is CC(C)(C)N1CCc2c(C#N)cccc21.CC(C)c1cc2cc(C(N)=O)ccc2n1C.CC(C)c1ccc(-c2cnco2)s1.CC(C)c1ccc2nc(N)[nH]c2c1.CC1=C(C(C)C)CC(c2ccncc2)=N1.CCn1c(C(C)C)cc2cc(C#N)ccc21. The van der Waals surface area contributed by atoms with Crippen LogP contribution in [-0.2, 0) is 20.0 Å². The van der Waals surface area contributed by atoms with Gasteiger partial charge in [-0.2, -0.15) is 10.5 Å². The van der Waals surface area contributed by atoms with Crippen molar-refractivity contribution in [3.05, 3.63) is 195 Å². The fourth-order valence-corrected chi connectivity index (χ4v) is 12.0. The molecule has 0 fully saturated rings. The summed E-state index contributed by atoms with van der Waals surface area (Å²) in [5.41, 5.74) is 28.8. The van der Waals surface area contributed by atoms with Gasteiger partial charge in [0.1, 0.15) is 0 Å². The van der Waals surface area contributed by atoms with Crippen LogP contribution < -0.4 is 16.4 Å². The molecule has 4 aromatic carbocycles. The fourth-order valence-electron chi connectivity index (χ4n) is 11.0. The van der Waals surface area contributed by atoms with E-state index in [9.17, 15) is 4.79 Å². The number of rotatable bonds is 9. The number of anilines is 2. The third-order valence-corrected chi connectivity index (χ3v) is 17.2. The Labute approximate surface area is 524 Å². The van der Waals surface area contributed by atoms with E-state index in [-0.39, 0.29) is 11.4 Å². The van der Waals surface area contributed by atoms with Gasteiger partial charge in [-0.05, 0) is 190 Å².